The maximum absolute atomic E-state index is 8.38. The van der Waals surface area contributed by atoms with Crippen LogP contribution in [0.1, 0.15) is 19.3 Å². The van der Waals surface area contributed by atoms with Crippen molar-refractivity contribution in [3.8, 4) is 6.07 Å². The van der Waals surface area contributed by atoms with Crippen molar-refractivity contribution >= 4 is 17.4 Å². The molecule has 2 nitrogen and oxygen atoms in total. The monoisotopic (exact) mass is 220 g/mol. The van der Waals surface area contributed by atoms with Crippen LogP contribution in [0.25, 0.3) is 0 Å². The number of nitrogens with one attached hydrogen (secondary N) is 1. The van der Waals surface area contributed by atoms with Crippen molar-refractivity contribution in [2.75, 3.05) is 18.1 Å². The molecule has 0 saturated carbocycles. The van der Waals surface area contributed by atoms with Gasteiger partial charge in [-0.3, -0.25) is 0 Å². The lowest BCUT2D eigenvalue weighted by Gasteiger charge is -2.06. The Kier molecular flexibility index (Phi) is 5.72. The topological polar surface area (TPSA) is 35.8 Å². The van der Waals surface area contributed by atoms with E-state index in [1.54, 1.807) is 11.8 Å². The molecule has 0 saturated heterocycles. The zero-order valence-electron chi connectivity index (χ0n) is 8.99. The second-order valence-corrected chi connectivity index (χ2v) is 4.15. The Hall–Kier alpha value is -1.14. The first kappa shape index (κ1) is 11.9. The number of nitriles is 1. The fourth-order valence-electron chi connectivity index (χ4n) is 1.29. The molecule has 0 radical (unpaired) electrons. The number of hydrogen-bond acceptors (Lipinski definition) is 3. The summed E-state index contributed by atoms with van der Waals surface area (Å²) < 4.78 is 0. The summed E-state index contributed by atoms with van der Waals surface area (Å²) in [5.41, 5.74) is 1.17. The molecule has 0 aliphatic rings. The van der Waals surface area contributed by atoms with E-state index in [2.05, 4.69) is 41.9 Å². The van der Waals surface area contributed by atoms with Crippen molar-refractivity contribution in [1.82, 2.24) is 0 Å². The summed E-state index contributed by atoms with van der Waals surface area (Å²) in [6, 6.07) is 10.5. The van der Waals surface area contributed by atoms with E-state index in [1.807, 2.05) is 0 Å². The number of nitrogens with zero attached hydrogens (tertiary/aromatic N) is 1. The van der Waals surface area contributed by atoms with Crippen molar-refractivity contribution < 1.29 is 0 Å². The first-order valence-electron chi connectivity index (χ1n) is 5.11. The predicted octanol–water partition coefficient (Wildman–Crippen LogP) is 3.51. The largest absolute Gasteiger partial charge is 0.385 e. The van der Waals surface area contributed by atoms with Crippen molar-refractivity contribution in [2.45, 2.75) is 24.2 Å². The lowest BCUT2D eigenvalue weighted by atomic mass is 10.2. The van der Waals surface area contributed by atoms with Gasteiger partial charge in [0.2, 0.25) is 0 Å². The second kappa shape index (κ2) is 7.19. The van der Waals surface area contributed by atoms with E-state index in [1.165, 1.54) is 10.6 Å². The normalized spacial score (nSPS) is 9.60. The molecule has 0 aliphatic heterocycles. The van der Waals surface area contributed by atoms with Gasteiger partial charge in [-0.15, -0.1) is 11.8 Å². The fraction of sp³-hybridized carbons (Fsp3) is 0.417. The van der Waals surface area contributed by atoms with Crippen LogP contribution in [-0.4, -0.2) is 12.8 Å². The predicted molar refractivity (Wildman–Crippen MR) is 66.2 cm³/mol. The molecule has 0 atom stereocenters. The first-order chi connectivity index (χ1) is 7.36. The Balaban J connectivity index is 2.28. The van der Waals surface area contributed by atoms with Crippen LogP contribution in [0.4, 0.5) is 5.69 Å². The van der Waals surface area contributed by atoms with Gasteiger partial charge in [0.1, 0.15) is 0 Å². The third-order valence-corrected chi connectivity index (χ3v) is 2.84. The molecule has 1 rings (SSSR count). The Morgan fingerprint density at radius 1 is 1.40 bits per heavy atom. The van der Waals surface area contributed by atoms with Gasteiger partial charge in [0, 0.05) is 23.5 Å². The molecule has 0 unspecified atom stereocenters. The molecule has 0 fully saturated rings. The van der Waals surface area contributed by atoms with Gasteiger partial charge in [-0.25, -0.2) is 0 Å². The van der Waals surface area contributed by atoms with Gasteiger partial charge in [0.25, 0.3) is 0 Å². The van der Waals surface area contributed by atoms with Crippen LogP contribution in [-0.2, 0) is 0 Å². The van der Waals surface area contributed by atoms with Crippen LogP contribution in [0, 0.1) is 11.3 Å². The molecule has 3 heteroatoms. The van der Waals surface area contributed by atoms with Crippen LogP contribution >= 0.6 is 11.8 Å². The van der Waals surface area contributed by atoms with Crippen molar-refractivity contribution in [2.24, 2.45) is 0 Å². The molecule has 0 aromatic heterocycles. The lowest BCUT2D eigenvalue weighted by Crippen LogP contribution is -2.00. The first-order valence-corrected chi connectivity index (χ1v) is 6.34. The Bertz CT molecular complexity index is 331. The standard InChI is InChI=1S/C12H16N2S/c1-15-12-7-5-6-11(10-12)14-9-4-2-3-8-13/h5-7,10,14H,2-4,9H2,1H3. The van der Waals surface area contributed by atoms with Crippen LogP contribution in [0.3, 0.4) is 0 Å². The van der Waals surface area contributed by atoms with Crippen LogP contribution in [0.2, 0.25) is 0 Å². The third-order valence-electron chi connectivity index (χ3n) is 2.11. The molecule has 0 aliphatic carbocycles. The maximum atomic E-state index is 8.38. The van der Waals surface area contributed by atoms with E-state index >= 15 is 0 Å². The molecule has 0 spiro atoms. The smallest absolute Gasteiger partial charge is 0.0621 e. The number of thioether (sulfide) groups is 1. The summed E-state index contributed by atoms with van der Waals surface area (Å²) in [5, 5.41) is 11.7. The zero-order valence-corrected chi connectivity index (χ0v) is 9.81. The zero-order chi connectivity index (χ0) is 10.9. The summed E-state index contributed by atoms with van der Waals surface area (Å²) in [5.74, 6) is 0. The highest BCUT2D eigenvalue weighted by molar-refractivity contribution is 7.98. The molecule has 0 bridgehead atoms. The van der Waals surface area contributed by atoms with Crippen LogP contribution in [0.15, 0.2) is 29.2 Å². The van der Waals surface area contributed by atoms with E-state index in [9.17, 15) is 0 Å². The lowest BCUT2D eigenvalue weighted by molar-refractivity contribution is 0.784. The highest BCUT2D eigenvalue weighted by atomic mass is 32.2. The van der Waals surface area contributed by atoms with Gasteiger partial charge in [0.05, 0.1) is 6.07 Å². The summed E-state index contributed by atoms with van der Waals surface area (Å²) >= 11 is 1.75. The van der Waals surface area contributed by atoms with Gasteiger partial charge in [-0.2, -0.15) is 5.26 Å². The van der Waals surface area contributed by atoms with Gasteiger partial charge in [-0.05, 0) is 37.3 Å². The highest BCUT2D eigenvalue weighted by Crippen LogP contribution is 2.18. The maximum Gasteiger partial charge on any atom is 0.0621 e. The minimum absolute atomic E-state index is 0.659. The fourth-order valence-corrected chi connectivity index (χ4v) is 1.75. The van der Waals surface area contributed by atoms with Crippen LogP contribution < -0.4 is 5.32 Å². The van der Waals surface area contributed by atoms with Gasteiger partial charge >= 0.3 is 0 Å². The molecule has 80 valence electrons. The molecular weight excluding hydrogens is 204 g/mol. The quantitative estimate of drug-likeness (QED) is 0.588. The van der Waals surface area contributed by atoms with E-state index in [4.69, 9.17) is 5.26 Å². The minimum atomic E-state index is 0.659. The summed E-state index contributed by atoms with van der Waals surface area (Å²) in [6.45, 7) is 0.944. The summed E-state index contributed by atoms with van der Waals surface area (Å²) in [4.78, 5) is 1.28. The molecule has 1 aromatic carbocycles. The molecular formula is C12H16N2S. The van der Waals surface area contributed by atoms with E-state index in [0.29, 0.717) is 6.42 Å². The summed E-state index contributed by atoms with van der Waals surface area (Å²) in [6.07, 6.45) is 4.77. The minimum Gasteiger partial charge on any atom is -0.385 e. The van der Waals surface area contributed by atoms with E-state index < -0.39 is 0 Å². The highest BCUT2D eigenvalue weighted by Gasteiger charge is 1.93. The van der Waals surface area contributed by atoms with Crippen molar-refractivity contribution in [1.29, 1.82) is 5.26 Å². The molecule has 0 amide bonds. The molecule has 1 N–H and O–H groups in total. The number of benzene rings is 1. The number of rotatable bonds is 6. The Labute approximate surface area is 95.7 Å². The van der Waals surface area contributed by atoms with Crippen molar-refractivity contribution in [3.63, 3.8) is 0 Å². The van der Waals surface area contributed by atoms with E-state index in [-0.39, 0.29) is 0 Å². The van der Waals surface area contributed by atoms with Crippen molar-refractivity contribution in [3.05, 3.63) is 24.3 Å². The van der Waals surface area contributed by atoms with Gasteiger partial charge in [0.15, 0.2) is 0 Å². The average Bonchev–Trinajstić information content (AvgIpc) is 2.29. The molecule has 1 aromatic rings. The Morgan fingerprint density at radius 3 is 3.00 bits per heavy atom. The second-order valence-electron chi connectivity index (χ2n) is 3.27. The van der Waals surface area contributed by atoms with Crippen LogP contribution in [0.5, 0.6) is 0 Å². The Morgan fingerprint density at radius 2 is 2.27 bits per heavy atom. The molecule has 15 heavy (non-hydrogen) atoms. The number of unbranched alkanes of at least 4 members (excludes halogenated alkanes) is 2. The van der Waals surface area contributed by atoms with Gasteiger partial charge < -0.3 is 5.32 Å². The SMILES string of the molecule is CSc1cccc(NCCCCC#N)c1. The van der Waals surface area contributed by atoms with E-state index in [0.717, 1.165) is 19.4 Å². The van der Waals surface area contributed by atoms with Gasteiger partial charge in [-0.1, -0.05) is 6.07 Å². The number of anilines is 1. The third kappa shape index (κ3) is 4.75. The average molecular weight is 220 g/mol. The summed E-state index contributed by atoms with van der Waals surface area (Å²) in [7, 11) is 0. The number of hydrogen-bond donors (Lipinski definition) is 1. The molecule has 0 heterocycles.